The van der Waals surface area contributed by atoms with Gasteiger partial charge in [0.2, 0.25) is 0 Å². The molecule has 1 aromatic carbocycles. The number of carbonyl (C=O) groups excluding carboxylic acids is 2. The number of ketones is 1. The Kier molecular flexibility index (Phi) is 6.85. The predicted molar refractivity (Wildman–Crippen MR) is 89.7 cm³/mol. The number of nitrogens with zero attached hydrogens (tertiary/aromatic N) is 1. The lowest BCUT2D eigenvalue weighted by molar-refractivity contribution is -0.127. The SMILES string of the molecule is CCOCN(C(=O)C(Cl)(Cl)C(C)=O)c1c(C)cccc1CC. The zero-order chi connectivity index (χ0) is 16.9. The van der Waals surface area contributed by atoms with Crippen LogP contribution in [-0.4, -0.2) is 29.4 Å². The van der Waals surface area contributed by atoms with Crippen molar-refractivity contribution in [3.63, 3.8) is 0 Å². The minimum atomic E-state index is -2.12. The summed E-state index contributed by atoms with van der Waals surface area (Å²) < 4.78 is 3.26. The van der Waals surface area contributed by atoms with Gasteiger partial charge in [0.1, 0.15) is 6.73 Å². The number of carbonyl (C=O) groups is 2. The molecule has 0 bridgehead atoms. The molecule has 4 nitrogen and oxygen atoms in total. The molecule has 1 amide bonds. The first-order valence-corrected chi connectivity index (χ1v) is 7.89. The maximum Gasteiger partial charge on any atom is 0.273 e. The first kappa shape index (κ1) is 18.9. The van der Waals surface area contributed by atoms with E-state index < -0.39 is 16.0 Å². The zero-order valence-corrected chi connectivity index (χ0v) is 14.8. The molecule has 0 heterocycles. The smallest absolute Gasteiger partial charge is 0.273 e. The maximum absolute atomic E-state index is 12.7. The molecular weight excluding hydrogens is 325 g/mol. The largest absolute Gasteiger partial charge is 0.361 e. The highest BCUT2D eigenvalue weighted by molar-refractivity contribution is 6.68. The highest BCUT2D eigenvalue weighted by atomic mass is 35.5. The number of para-hydroxylation sites is 1. The van der Waals surface area contributed by atoms with E-state index in [9.17, 15) is 9.59 Å². The molecule has 122 valence electrons. The van der Waals surface area contributed by atoms with Gasteiger partial charge in [0.25, 0.3) is 10.2 Å². The molecule has 22 heavy (non-hydrogen) atoms. The molecule has 0 aliphatic rings. The third kappa shape index (κ3) is 4.00. The van der Waals surface area contributed by atoms with Crippen molar-refractivity contribution >= 4 is 40.6 Å². The fraction of sp³-hybridized carbons (Fsp3) is 0.500. The molecule has 0 atom stereocenters. The number of rotatable bonds is 7. The molecule has 0 aliphatic carbocycles. The van der Waals surface area contributed by atoms with Crippen LogP contribution in [0.2, 0.25) is 0 Å². The van der Waals surface area contributed by atoms with E-state index in [1.165, 1.54) is 11.8 Å². The van der Waals surface area contributed by atoms with Crippen molar-refractivity contribution in [2.75, 3.05) is 18.2 Å². The van der Waals surface area contributed by atoms with Gasteiger partial charge in [0.15, 0.2) is 5.78 Å². The van der Waals surface area contributed by atoms with Crippen LogP contribution >= 0.6 is 23.2 Å². The Morgan fingerprint density at radius 2 is 1.91 bits per heavy atom. The first-order chi connectivity index (χ1) is 10.3. The lowest BCUT2D eigenvalue weighted by atomic mass is 10.0. The Labute approximate surface area is 141 Å². The van der Waals surface area contributed by atoms with Crippen LogP contribution in [0, 0.1) is 6.92 Å². The third-order valence-corrected chi connectivity index (χ3v) is 4.21. The number of amides is 1. The number of benzene rings is 1. The van der Waals surface area contributed by atoms with Gasteiger partial charge in [-0.1, -0.05) is 48.3 Å². The summed E-state index contributed by atoms with van der Waals surface area (Å²) in [5.74, 6) is -1.31. The fourth-order valence-corrected chi connectivity index (χ4v) is 2.32. The van der Waals surface area contributed by atoms with Crippen LogP contribution in [-0.2, 0) is 20.7 Å². The molecule has 6 heteroatoms. The van der Waals surface area contributed by atoms with Gasteiger partial charge in [0.05, 0.1) is 5.69 Å². The highest BCUT2D eigenvalue weighted by Crippen LogP contribution is 2.32. The van der Waals surface area contributed by atoms with E-state index in [4.69, 9.17) is 27.9 Å². The Morgan fingerprint density at radius 3 is 2.41 bits per heavy atom. The number of halogens is 2. The third-order valence-electron chi connectivity index (χ3n) is 3.35. The Morgan fingerprint density at radius 1 is 1.27 bits per heavy atom. The fourth-order valence-electron chi connectivity index (χ4n) is 2.12. The molecular formula is C16H21Cl2NO3. The molecule has 0 aromatic heterocycles. The molecule has 0 spiro atoms. The summed E-state index contributed by atoms with van der Waals surface area (Å²) in [6.07, 6.45) is 0.727. The second-order valence-electron chi connectivity index (χ2n) is 4.92. The molecule has 1 rings (SSSR count). The van der Waals surface area contributed by atoms with E-state index in [0.717, 1.165) is 17.5 Å². The van der Waals surface area contributed by atoms with Gasteiger partial charge in [0, 0.05) is 6.61 Å². The van der Waals surface area contributed by atoms with Crippen molar-refractivity contribution in [2.24, 2.45) is 0 Å². The number of Topliss-reactive ketones (excluding diaryl/α,β-unsaturated/α-hetero) is 1. The summed E-state index contributed by atoms with van der Waals surface area (Å²) in [6, 6.07) is 5.73. The Balaban J connectivity index is 3.36. The summed E-state index contributed by atoms with van der Waals surface area (Å²) >= 11 is 11.9. The lowest BCUT2D eigenvalue weighted by Gasteiger charge is -2.30. The van der Waals surface area contributed by atoms with Gasteiger partial charge >= 0.3 is 0 Å². The molecule has 0 saturated heterocycles. The van der Waals surface area contributed by atoms with E-state index in [0.29, 0.717) is 12.3 Å². The summed E-state index contributed by atoms with van der Waals surface area (Å²) in [5, 5.41) is 0. The highest BCUT2D eigenvalue weighted by Gasteiger charge is 2.43. The van der Waals surface area contributed by atoms with Gasteiger partial charge in [-0.2, -0.15) is 0 Å². The second kappa shape index (κ2) is 7.95. The van der Waals surface area contributed by atoms with Crippen LogP contribution in [0.5, 0.6) is 0 Å². The van der Waals surface area contributed by atoms with Crippen molar-refractivity contribution < 1.29 is 14.3 Å². The maximum atomic E-state index is 12.7. The minimum absolute atomic E-state index is 0.0122. The summed E-state index contributed by atoms with van der Waals surface area (Å²) in [5.41, 5.74) is 2.54. The van der Waals surface area contributed by atoms with Crippen molar-refractivity contribution in [1.29, 1.82) is 0 Å². The van der Waals surface area contributed by atoms with Gasteiger partial charge < -0.3 is 4.74 Å². The van der Waals surface area contributed by atoms with Crippen LogP contribution in [0.25, 0.3) is 0 Å². The Bertz CT molecular complexity index is 558. The summed E-state index contributed by atoms with van der Waals surface area (Å²) in [4.78, 5) is 25.6. The number of ether oxygens (including phenoxy) is 1. The zero-order valence-electron chi connectivity index (χ0n) is 13.3. The van der Waals surface area contributed by atoms with E-state index >= 15 is 0 Å². The topological polar surface area (TPSA) is 46.6 Å². The first-order valence-electron chi connectivity index (χ1n) is 7.14. The molecule has 0 aliphatic heterocycles. The second-order valence-corrected chi connectivity index (χ2v) is 6.25. The van der Waals surface area contributed by atoms with Crippen molar-refractivity contribution in [1.82, 2.24) is 0 Å². The average Bonchev–Trinajstić information content (AvgIpc) is 2.48. The molecule has 0 fully saturated rings. The van der Waals surface area contributed by atoms with Crippen molar-refractivity contribution in [3.8, 4) is 0 Å². The normalized spacial score (nSPS) is 11.4. The number of hydrogen-bond donors (Lipinski definition) is 0. The van der Waals surface area contributed by atoms with Gasteiger partial charge in [-0.3, -0.25) is 14.5 Å². The number of alkyl halides is 2. The van der Waals surface area contributed by atoms with Crippen LogP contribution in [0.4, 0.5) is 5.69 Å². The monoisotopic (exact) mass is 345 g/mol. The van der Waals surface area contributed by atoms with E-state index in [-0.39, 0.29) is 6.73 Å². The summed E-state index contributed by atoms with van der Waals surface area (Å²) in [6.45, 7) is 7.30. The molecule has 1 aromatic rings. The number of hydrogen-bond acceptors (Lipinski definition) is 3. The van der Waals surface area contributed by atoms with Gasteiger partial charge in [-0.15, -0.1) is 0 Å². The quantitative estimate of drug-likeness (QED) is 0.430. The standard InChI is InChI=1S/C16H21Cl2NO3/c1-5-13-9-7-8-11(3)14(13)19(10-22-6-2)15(21)16(17,18)12(4)20/h7-9H,5-6,10H2,1-4H3. The predicted octanol–water partition coefficient (Wildman–Crippen LogP) is 3.65. The minimum Gasteiger partial charge on any atom is -0.361 e. The lowest BCUT2D eigenvalue weighted by Crippen LogP contribution is -2.47. The van der Waals surface area contributed by atoms with Gasteiger partial charge in [-0.25, -0.2) is 0 Å². The van der Waals surface area contributed by atoms with Crippen LogP contribution in [0.15, 0.2) is 18.2 Å². The van der Waals surface area contributed by atoms with Gasteiger partial charge in [-0.05, 0) is 38.3 Å². The van der Waals surface area contributed by atoms with E-state index in [2.05, 4.69) is 0 Å². The van der Waals surface area contributed by atoms with E-state index in [1.54, 1.807) is 0 Å². The Hall–Kier alpha value is -1.10. The number of aryl methyl sites for hydroxylation is 2. The molecule has 0 N–H and O–H groups in total. The molecule has 0 saturated carbocycles. The molecule has 0 radical (unpaired) electrons. The van der Waals surface area contributed by atoms with Crippen molar-refractivity contribution in [2.45, 2.75) is 38.4 Å². The van der Waals surface area contributed by atoms with Crippen LogP contribution < -0.4 is 4.90 Å². The molecule has 0 unspecified atom stereocenters. The average molecular weight is 346 g/mol. The van der Waals surface area contributed by atoms with Crippen LogP contribution in [0.1, 0.15) is 31.9 Å². The summed E-state index contributed by atoms with van der Waals surface area (Å²) in [7, 11) is 0. The van der Waals surface area contributed by atoms with Crippen LogP contribution in [0.3, 0.4) is 0 Å². The van der Waals surface area contributed by atoms with E-state index in [1.807, 2.05) is 39.0 Å². The number of anilines is 1. The van der Waals surface area contributed by atoms with Crippen molar-refractivity contribution in [3.05, 3.63) is 29.3 Å².